The van der Waals surface area contributed by atoms with Crippen LogP contribution in [0.4, 0.5) is 4.39 Å². The molecule has 1 aromatic rings. The molecule has 1 aliphatic heterocycles. The van der Waals surface area contributed by atoms with Crippen molar-refractivity contribution >= 4 is 5.91 Å². The van der Waals surface area contributed by atoms with Gasteiger partial charge in [-0.05, 0) is 49.8 Å². The Balaban J connectivity index is 1.59. The van der Waals surface area contributed by atoms with Crippen molar-refractivity contribution in [1.82, 2.24) is 4.90 Å². The highest BCUT2D eigenvalue weighted by Crippen LogP contribution is 2.30. The second kappa shape index (κ2) is 5.92. The van der Waals surface area contributed by atoms with Gasteiger partial charge < -0.3 is 9.64 Å². The molecule has 1 aromatic carbocycles. The van der Waals surface area contributed by atoms with Gasteiger partial charge in [-0.2, -0.15) is 0 Å². The van der Waals surface area contributed by atoms with Crippen molar-refractivity contribution in [2.75, 3.05) is 19.7 Å². The second-order valence-electron chi connectivity index (χ2n) is 5.80. The Labute approximate surface area is 118 Å². The summed E-state index contributed by atoms with van der Waals surface area (Å²) < 4.78 is 19.1. The monoisotopic (exact) mass is 277 g/mol. The summed E-state index contributed by atoms with van der Waals surface area (Å²) in [7, 11) is 0. The van der Waals surface area contributed by atoms with Crippen LogP contribution in [0.5, 0.6) is 0 Å². The average Bonchev–Trinajstić information content (AvgIpc) is 3.29. The summed E-state index contributed by atoms with van der Waals surface area (Å²) in [5, 5.41) is 0. The quantitative estimate of drug-likeness (QED) is 0.847. The lowest BCUT2D eigenvalue weighted by Crippen LogP contribution is -2.43. The van der Waals surface area contributed by atoms with Gasteiger partial charge >= 0.3 is 0 Å². The Morgan fingerprint density at radius 2 is 2.20 bits per heavy atom. The molecule has 1 atom stereocenters. The Morgan fingerprint density at radius 3 is 2.95 bits per heavy atom. The summed E-state index contributed by atoms with van der Waals surface area (Å²) in [6.07, 6.45) is 4.66. The molecule has 3 rings (SSSR count). The van der Waals surface area contributed by atoms with Crippen LogP contribution in [0.1, 0.15) is 36.0 Å². The minimum absolute atomic E-state index is 0.0933. The lowest BCUT2D eigenvalue weighted by molar-refractivity contribution is -0.00243. The number of nitrogens with zero attached hydrogens (tertiary/aromatic N) is 1. The van der Waals surface area contributed by atoms with Gasteiger partial charge in [0.25, 0.3) is 5.91 Å². The lowest BCUT2D eigenvalue weighted by atomic mass is 10.1. The Kier molecular flexibility index (Phi) is 4.01. The van der Waals surface area contributed by atoms with Gasteiger partial charge in [-0.15, -0.1) is 0 Å². The number of piperidine rings is 1. The van der Waals surface area contributed by atoms with Crippen molar-refractivity contribution < 1.29 is 13.9 Å². The zero-order valence-electron chi connectivity index (χ0n) is 11.6. The molecule has 0 aromatic heterocycles. The molecular weight excluding hydrogens is 257 g/mol. The summed E-state index contributed by atoms with van der Waals surface area (Å²) in [4.78, 5) is 14.1. The Morgan fingerprint density at radius 1 is 1.35 bits per heavy atom. The lowest BCUT2D eigenvalue weighted by Gasteiger charge is -2.32. The third-order valence-corrected chi connectivity index (χ3v) is 4.00. The predicted molar refractivity (Wildman–Crippen MR) is 74.0 cm³/mol. The number of carbonyl (C=O) groups excluding carboxylic acids is 1. The van der Waals surface area contributed by atoms with Crippen molar-refractivity contribution in [3.63, 3.8) is 0 Å². The van der Waals surface area contributed by atoms with Crippen molar-refractivity contribution in [3.05, 3.63) is 35.6 Å². The zero-order valence-corrected chi connectivity index (χ0v) is 11.6. The van der Waals surface area contributed by atoms with Gasteiger partial charge in [0.2, 0.25) is 0 Å². The van der Waals surface area contributed by atoms with Gasteiger partial charge in [0.05, 0.1) is 6.10 Å². The van der Waals surface area contributed by atoms with Gasteiger partial charge in [0.1, 0.15) is 5.82 Å². The van der Waals surface area contributed by atoms with Crippen LogP contribution in [0.3, 0.4) is 0 Å². The third-order valence-electron chi connectivity index (χ3n) is 4.00. The average molecular weight is 277 g/mol. The molecule has 3 nitrogen and oxygen atoms in total. The van der Waals surface area contributed by atoms with E-state index in [-0.39, 0.29) is 17.8 Å². The van der Waals surface area contributed by atoms with Crippen molar-refractivity contribution in [2.24, 2.45) is 5.92 Å². The third kappa shape index (κ3) is 3.37. The second-order valence-corrected chi connectivity index (χ2v) is 5.80. The topological polar surface area (TPSA) is 29.5 Å². The van der Waals surface area contributed by atoms with Crippen LogP contribution in [-0.2, 0) is 4.74 Å². The number of likely N-dealkylation sites (tertiary alicyclic amines) is 1. The standard InChI is InChI=1S/C16H20FNO2/c17-14-4-1-3-13(9-14)16(19)18-8-2-5-15(10-18)20-11-12-6-7-12/h1,3-4,9,12,15H,2,5-8,10-11H2. The van der Waals surface area contributed by atoms with E-state index in [2.05, 4.69) is 0 Å². The molecule has 0 radical (unpaired) electrons. The maximum absolute atomic E-state index is 13.2. The van der Waals surface area contributed by atoms with Crippen molar-refractivity contribution in [1.29, 1.82) is 0 Å². The molecule has 0 spiro atoms. The predicted octanol–water partition coefficient (Wildman–Crippen LogP) is 2.86. The fraction of sp³-hybridized carbons (Fsp3) is 0.562. The van der Waals surface area contributed by atoms with Crippen molar-refractivity contribution in [3.8, 4) is 0 Å². The molecule has 2 aliphatic rings. The molecule has 1 aliphatic carbocycles. The number of hydrogen-bond acceptors (Lipinski definition) is 2. The van der Waals surface area contributed by atoms with Crippen LogP contribution in [0.25, 0.3) is 0 Å². The molecule has 0 bridgehead atoms. The number of hydrogen-bond donors (Lipinski definition) is 0. The first kappa shape index (κ1) is 13.6. The molecule has 1 unspecified atom stereocenters. The number of halogens is 1. The minimum atomic E-state index is -0.366. The SMILES string of the molecule is O=C(c1cccc(F)c1)N1CCCC(OCC2CC2)C1. The van der Waals surface area contributed by atoms with E-state index in [1.807, 2.05) is 0 Å². The molecule has 1 saturated heterocycles. The summed E-state index contributed by atoms with van der Waals surface area (Å²) in [6.45, 7) is 2.19. The molecular formula is C16H20FNO2. The smallest absolute Gasteiger partial charge is 0.254 e. The number of rotatable bonds is 4. The van der Waals surface area contributed by atoms with Crippen LogP contribution in [-0.4, -0.2) is 36.6 Å². The first-order valence-corrected chi connectivity index (χ1v) is 7.39. The van der Waals surface area contributed by atoms with E-state index in [0.29, 0.717) is 12.1 Å². The molecule has 1 heterocycles. The first-order chi connectivity index (χ1) is 9.72. The maximum atomic E-state index is 13.2. The van der Waals surface area contributed by atoms with E-state index in [0.717, 1.165) is 31.9 Å². The number of carbonyl (C=O) groups is 1. The van der Waals surface area contributed by atoms with Gasteiger partial charge in [-0.3, -0.25) is 4.79 Å². The highest BCUT2D eigenvalue weighted by Gasteiger charge is 2.28. The highest BCUT2D eigenvalue weighted by atomic mass is 19.1. The van der Waals surface area contributed by atoms with E-state index in [1.54, 1.807) is 17.0 Å². The molecule has 108 valence electrons. The van der Waals surface area contributed by atoms with Gasteiger partial charge in [-0.1, -0.05) is 6.07 Å². The van der Waals surface area contributed by atoms with Crippen LogP contribution in [0.15, 0.2) is 24.3 Å². The number of benzene rings is 1. The highest BCUT2D eigenvalue weighted by molar-refractivity contribution is 5.94. The van der Waals surface area contributed by atoms with Crippen LogP contribution < -0.4 is 0 Å². The minimum Gasteiger partial charge on any atom is -0.376 e. The van der Waals surface area contributed by atoms with E-state index in [1.165, 1.54) is 25.0 Å². The summed E-state index contributed by atoms with van der Waals surface area (Å²) in [6, 6.07) is 5.90. The maximum Gasteiger partial charge on any atom is 0.254 e. The molecule has 0 N–H and O–H groups in total. The zero-order chi connectivity index (χ0) is 13.9. The van der Waals surface area contributed by atoms with Crippen LogP contribution in [0.2, 0.25) is 0 Å². The first-order valence-electron chi connectivity index (χ1n) is 7.39. The van der Waals surface area contributed by atoms with E-state index in [4.69, 9.17) is 4.74 Å². The van der Waals surface area contributed by atoms with E-state index < -0.39 is 0 Å². The largest absolute Gasteiger partial charge is 0.376 e. The normalized spacial score (nSPS) is 22.9. The Hall–Kier alpha value is -1.42. The van der Waals surface area contributed by atoms with Crippen LogP contribution in [0, 0.1) is 11.7 Å². The van der Waals surface area contributed by atoms with Gasteiger partial charge in [-0.25, -0.2) is 4.39 Å². The number of amides is 1. The van der Waals surface area contributed by atoms with Gasteiger partial charge in [0.15, 0.2) is 0 Å². The molecule has 1 amide bonds. The fourth-order valence-corrected chi connectivity index (χ4v) is 2.62. The van der Waals surface area contributed by atoms with E-state index >= 15 is 0 Å². The summed E-state index contributed by atoms with van der Waals surface area (Å²) in [5.74, 6) is 0.280. The Bertz CT molecular complexity index is 487. The fourth-order valence-electron chi connectivity index (χ4n) is 2.62. The summed E-state index contributed by atoms with van der Waals surface area (Å²) in [5.41, 5.74) is 0.424. The molecule has 20 heavy (non-hydrogen) atoms. The van der Waals surface area contributed by atoms with Gasteiger partial charge in [0, 0.05) is 25.3 Å². The van der Waals surface area contributed by atoms with Crippen molar-refractivity contribution in [2.45, 2.75) is 31.8 Å². The van der Waals surface area contributed by atoms with E-state index in [9.17, 15) is 9.18 Å². The molecule has 2 fully saturated rings. The number of ether oxygens (including phenoxy) is 1. The summed E-state index contributed by atoms with van der Waals surface area (Å²) >= 11 is 0. The molecule has 4 heteroatoms. The molecule has 1 saturated carbocycles. The van der Waals surface area contributed by atoms with Crippen LogP contribution >= 0.6 is 0 Å².